The summed E-state index contributed by atoms with van der Waals surface area (Å²) in [6.07, 6.45) is 4.62. The van der Waals surface area contributed by atoms with Crippen LogP contribution >= 0.6 is 11.6 Å². The van der Waals surface area contributed by atoms with Gasteiger partial charge in [0.15, 0.2) is 0 Å². The van der Waals surface area contributed by atoms with Gasteiger partial charge in [-0.25, -0.2) is 0 Å². The molecule has 3 heterocycles. The highest BCUT2D eigenvalue weighted by Gasteiger charge is 2.39. The first kappa shape index (κ1) is 15.8. The molecule has 1 aromatic rings. The Hall–Kier alpha value is -1.07. The summed E-state index contributed by atoms with van der Waals surface area (Å²) in [6, 6.07) is 0.831. The summed E-state index contributed by atoms with van der Waals surface area (Å²) in [5, 5.41) is 5.15. The van der Waals surface area contributed by atoms with E-state index in [1.165, 1.54) is 12.8 Å². The molecule has 0 radical (unpaired) electrons. The molecule has 0 bridgehead atoms. The number of aromatic nitrogens is 2. The molecule has 5 nitrogen and oxygen atoms in total. The van der Waals surface area contributed by atoms with Crippen LogP contribution in [0, 0.1) is 6.92 Å². The van der Waals surface area contributed by atoms with Crippen LogP contribution in [0.25, 0.3) is 0 Å². The van der Waals surface area contributed by atoms with E-state index < -0.39 is 0 Å². The third-order valence-corrected chi connectivity index (χ3v) is 5.67. The number of carbonyl (C=O) groups excluding carboxylic acids is 1. The average Bonchev–Trinajstić information content (AvgIpc) is 3.15. The first-order valence-electron chi connectivity index (χ1n) is 8.18. The van der Waals surface area contributed by atoms with Crippen molar-refractivity contribution in [1.82, 2.24) is 19.6 Å². The number of nitrogens with zero attached hydrogens (tertiary/aromatic N) is 4. The molecule has 0 aromatic carbocycles. The van der Waals surface area contributed by atoms with Gasteiger partial charge >= 0.3 is 0 Å². The standard InChI is InChI=1S/C16H25ClN4O/c1-11-13(16(17)19(3)18-11)10-20-8-4-6-14(20)15-7-5-9-21(15)12(2)22/h14-15H,4-10H2,1-3H3/t14-,15+/m1/s1. The molecule has 2 aliphatic rings. The monoisotopic (exact) mass is 324 g/mol. The van der Waals surface area contributed by atoms with E-state index in [-0.39, 0.29) is 5.91 Å². The normalized spacial score (nSPS) is 26.1. The Morgan fingerprint density at radius 1 is 1.27 bits per heavy atom. The molecule has 122 valence electrons. The van der Waals surface area contributed by atoms with Gasteiger partial charge in [-0.05, 0) is 39.2 Å². The van der Waals surface area contributed by atoms with E-state index in [4.69, 9.17) is 11.6 Å². The lowest BCUT2D eigenvalue weighted by atomic mass is 10.0. The Labute approximate surface area is 137 Å². The molecule has 2 aliphatic heterocycles. The van der Waals surface area contributed by atoms with Crippen molar-refractivity contribution in [2.24, 2.45) is 7.05 Å². The van der Waals surface area contributed by atoms with Gasteiger partial charge < -0.3 is 4.90 Å². The predicted molar refractivity (Wildman–Crippen MR) is 86.8 cm³/mol. The van der Waals surface area contributed by atoms with Gasteiger partial charge in [-0.3, -0.25) is 14.4 Å². The lowest BCUT2D eigenvalue weighted by Gasteiger charge is -2.34. The highest BCUT2D eigenvalue weighted by molar-refractivity contribution is 6.30. The van der Waals surface area contributed by atoms with Gasteiger partial charge in [-0.1, -0.05) is 11.6 Å². The van der Waals surface area contributed by atoms with Gasteiger partial charge in [-0.2, -0.15) is 5.10 Å². The topological polar surface area (TPSA) is 41.4 Å². The fourth-order valence-electron chi connectivity index (χ4n) is 4.12. The van der Waals surface area contributed by atoms with E-state index in [0.29, 0.717) is 12.1 Å². The number of hydrogen-bond donors (Lipinski definition) is 0. The minimum absolute atomic E-state index is 0.213. The summed E-state index contributed by atoms with van der Waals surface area (Å²) in [5.41, 5.74) is 2.14. The van der Waals surface area contributed by atoms with E-state index in [0.717, 1.165) is 48.9 Å². The van der Waals surface area contributed by atoms with E-state index in [1.807, 2.05) is 14.0 Å². The molecular formula is C16H25ClN4O. The zero-order chi connectivity index (χ0) is 15.9. The minimum Gasteiger partial charge on any atom is -0.338 e. The van der Waals surface area contributed by atoms with Crippen LogP contribution in [0.15, 0.2) is 0 Å². The largest absolute Gasteiger partial charge is 0.338 e. The van der Waals surface area contributed by atoms with Gasteiger partial charge in [0.1, 0.15) is 5.15 Å². The zero-order valence-corrected chi connectivity index (χ0v) is 14.4. The highest BCUT2D eigenvalue weighted by Crippen LogP contribution is 2.32. The van der Waals surface area contributed by atoms with Crippen molar-refractivity contribution in [3.8, 4) is 0 Å². The first-order chi connectivity index (χ1) is 10.5. The van der Waals surface area contributed by atoms with Crippen LogP contribution in [0.4, 0.5) is 0 Å². The lowest BCUT2D eigenvalue weighted by molar-refractivity contribution is -0.130. The molecule has 3 rings (SSSR count). The molecular weight excluding hydrogens is 300 g/mol. The number of hydrogen-bond acceptors (Lipinski definition) is 3. The van der Waals surface area contributed by atoms with E-state index in [1.54, 1.807) is 11.6 Å². The van der Waals surface area contributed by atoms with Crippen LogP contribution < -0.4 is 0 Å². The molecule has 0 saturated carbocycles. The maximum absolute atomic E-state index is 11.9. The van der Waals surface area contributed by atoms with E-state index >= 15 is 0 Å². The van der Waals surface area contributed by atoms with Crippen LogP contribution in [0.1, 0.15) is 43.9 Å². The van der Waals surface area contributed by atoms with Gasteiger partial charge in [0.2, 0.25) is 5.91 Å². The molecule has 1 amide bonds. The van der Waals surface area contributed by atoms with Crippen LogP contribution in [0.2, 0.25) is 5.15 Å². The van der Waals surface area contributed by atoms with Gasteiger partial charge in [0, 0.05) is 44.7 Å². The average molecular weight is 325 g/mol. The summed E-state index contributed by atoms with van der Waals surface area (Å²) >= 11 is 6.39. The van der Waals surface area contributed by atoms with Crippen molar-refractivity contribution in [3.05, 3.63) is 16.4 Å². The van der Waals surface area contributed by atoms with Crippen LogP contribution in [0.5, 0.6) is 0 Å². The van der Waals surface area contributed by atoms with Crippen LogP contribution in [0.3, 0.4) is 0 Å². The van der Waals surface area contributed by atoms with Gasteiger partial charge in [0.25, 0.3) is 0 Å². The molecule has 2 saturated heterocycles. The summed E-state index contributed by atoms with van der Waals surface area (Å²) < 4.78 is 1.74. The molecule has 0 N–H and O–H groups in total. The smallest absolute Gasteiger partial charge is 0.219 e. The number of rotatable bonds is 3. The molecule has 0 spiro atoms. The van der Waals surface area contributed by atoms with Crippen LogP contribution in [-0.4, -0.2) is 50.7 Å². The maximum atomic E-state index is 11.9. The lowest BCUT2D eigenvalue weighted by Crippen LogP contribution is -2.47. The van der Waals surface area contributed by atoms with Crippen molar-refractivity contribution < 1.29 is 4.79 Å². The summed E-state index contributed by atoms with van der Waals surface area (Å²) in [5.74, 6) is 0.213. The Balaban J connectivity index is 1.77. The quantitative estimate of drug-likeness (QED) is 0.857. The molecule has 2 atom stereocenters. The van der Waals surface area contributed by atoms with Crippen molar-refractivity contribution >= 4 is 17.5 Å². The Morgan fingerprint density at radius 2 is 1.95 bits per heavy atom. The van der Waals surface area contributed by atoms with Crippen molar-refractivity contribution in [2.75, 3.05) is 13.1 Å². The molecule has 1 aromatic heterocycles. The summed E-state index contributed by atoms with van der Waals surface area (Å²) in [6.45, 7) is 6.55. The Morgan fingerprint density at radius 3 is 2.59 bits per heavy atom. The molecule has 22 heavy (non-hydrogen) atoms. The molecule has 0 aliphatic carbocycles. The van der Waals surface area contributed by atoms with E-state index in [2.05, 4.69) is 14.9 Å². The third-order valence-electron chi connectivity index (χ3n) is 5.19. The van der Waals surface area contributed by atoms with Gasteiger partial charge in [-0.15, -0.1) is 0 Å². The Bertz CT molecular complexity index is 571. The van der Waals surface area contributed by atoms with E-state index in [9.17, 15) is 4.79 Å². The Kier molecular flexibility index (Phi) is 4.46. The SMILES string of the molecule is CC(=O)N1CCC[C@H]1[C@H]1CCCN1Cc1c(C)nn(C)c1Cl. The zero-order valence-electron chi connectivity index (χ0n) is 13.7. The van der Waals surface area contributed by atoms with Crippen molar-refractivity contribution in [2.45, 2.75) is 58.2 Å². The molecule has 6 heteroatoms. The fourth-order valence-corrected chi connectivity index (χ4v) is 4.36. The minimum atomic E-state index is 0.213. The van der Waals surface area contributed by atoms with Crippen LogP contribution in [-0.2, 0) is 18.4 Å². The second-order valence-corrected chi connectivity index (χ2v) is 6.94. The number of aryl methyl sites for hydroxylation is 2. The maximum Gasteiger partial charge on any atom is 0.219 e. The third kappa shape index (κ3) is 2.76. The molecule has 2 fully saturated rings. The number of amides is 1. The highest BCUT2D eigenvalue weighted by atomic mass is 35.5. The van der Waals surface area contributed by atoms with Crippen molar-refractivity contribution in [3.63, 3.8) is 0 Å². The van der Waals surface area contributed by atoms with Crippen molar-refractivity contribution in [1.29, 1.82) is 0 Å². The summed E-state index contributed by atoms with van der Waals surface area (Å²) in [4.78, 5) is 16.4. The summed E-state index contributed by atoms with van der Waals surface area (Å²) in [7, 11) is 1.88. The number of likely N-dealkylation sites (tertiary alicyclic amines) is 2. The number of carbonyl (C=O) groups is 1. The first-order valence-corrected chi connectivity index (χ1v) is 8.56. The molecule has 0 unspecified atom stereocenters. The van der Waals surface area contributed by atoms with Gasteiger partial charge in [0.05, 0.1) is 5.69 Å². The fraction of sp³-hybridized carbons (Fsp3) is 0.750. The second kappa shape index (κ2) is 6.20. The number of halogens is 1. The second-order valence-electron chi connectivity index (χ2n) is 6.58. The predicted octanol–water partition coefficient (Wildman–Crippen LogP) is 2.36.